The molecule has 2 heterocycles. The van der Waals surface area contributed by atoms with E-state index in [-0.39, 0.29) is 17.1 Å². The molecular formula is C19H27ClN4O3. The quantitative estimate of drug-likeness (QED) is 0.794. The van der Waals surface area contributed by atoms with E-state index in [1.54, 1.807) is 27.2 Å². The van der Waals surface area contributed by atoms with Crippen molar-refractivity contribution in [1.82, 2.24) is 14.8 Å². The van der Waals surface area contributed by atoms with E-state index in [2.05, 4.69) is 9.88 Å². The molecule has 1 saturated carbocycles. The van der Waals surface area contributed by atoms with Gasteiger partial charge in [-0.2, -0.15) is 0 Å². The van der Waals surface area contributed by atoms with Crippen LogP contribution in [0.4, 0.5) is 10.6 Å². The molecule has 1 aromatic heterocycles. The molecule has 2 fully saturated rings. The molecule has 0 spiro atoms. The topological polar surface area (TPSA) is 77.0 Å². The van der Waals surface area contributed by atoms with Crippen LogP contribution in [0.2, 0.25) is 5.15 Å². The number of carbonyl (C=O) groups excluding carboxylic acids is 1. The van der Waals surface area contributed by atoms with E-state index in [0.29, 0.717) is 17.4 Å². The number of hydrogen-bond donors (Lipinski definition) is 1. The van der Waals surface area contributed by atoms with Crippen LogP contribution in [0.1, 0.15) is 36.0 Å². The van der Waals surface area contributed by atoms with Crippen molar-refractivity contribution < 1.29 is 14.7 Å². The number of halogens is 1. The van der Waals surface area contributed by atoms with E-state index in [4.69, 9.17) is 16.7 Å². The summed E-state index contributed by atoms with van der Waals surface area (Å²) in [6.45, 7) is 1.82. The van der Waals surface area contributed by atoms with Crippen LogP contribution in [0.3, 0.4) is 0 Å². The van der Waals surface area contributed by atoms with E-state index in [1.807, 2.05) is 6.07 Å². The number of aromatic nitrogens is 1. The number of amides is 2. The Kier molecular flexibility index (Phi) is 5.79. The third-order valence-electron chi connectivity index (χ3n) is 6.00. The molecule has 0 atom stereocenters. The molecule has 0 unspecified atom stereocenters. The van der Waals surface area contributed by atoms with Crippen LogP contribution in [0, 0.1) is 11.8 Å². The summed E-state index contributed by atoms with van der Waals surface area (Å²) in [5.74, 6) is 1.93. The summed E-state index contributed by atoms with van der Waals surface area (Å²) < 4.78 is 0. The van der Waals surface area contributed by atoms with Gasteiger partial charge in [-0.25, -0.2) is 9.78 Å². The van der Waals surface area contributed by atoms with Crippen LogP contribution in [-0.2, 0) is 0 Å². The molecule has 2 amide bonds. The molecule has 8 heteroatoms. The normalized spacial score (nSPS) is 22.9. The van der Waals surface area contributed by atoms with Crippen LogP contribution >= 0.6 is 11.6 Å². The highest BCUT2D eigenvalue weighted by molar-refractivity contribution is 6.32. The molecule has 0 radical (unpaired) electrons. The first-order valence-corrected chi connectivity index (χ1v) is 9.74. The fourth-order valence-corrected chi connectivity index (χ4v) is 4.32. The standard InChI is InChI=1S/C19H27ClN4O3/c1-22(2)18(25)15-4-5-16(21-17(15)20)24-8-6-12(7-9-24)13-10-14(11-13)23(3)19(26)27/h4-5,12-14H,6-11H2,1-3H3,(H,26,27). The number of carbonyl (C=O) groups is 2. The summed E-state index contributed by atoms with van der Waals surface area (Å²) in [6, 6.07) is 3.79. The molecule has 7 nitrogen and oxygen atoms in total. The van der Waals surface area contributed by atoms with Crippen molar-refractivity contribution in [1.29, 1.82) is 0 Å². The average Bonchev–Trinajstić information content (AvgIpc) is 2.60. The van der Waals surface area contributed by atoms with Crippen LogP contribution in [0.5, 0.6) is 0 Å². The SMILES string of the molecule is CN(C)C(=O)c1ccc(N2CCC(C3CC(N(C)C(=O)O)C3)CC2)nc1Cl. The Hall–Kier alpha value is -2.02. The van der Waals surface area contributed by atoms with Crippen molar-refractivity contribution in [3.63, 3.8) is 0 Å². The number of carboxylic acid groups (broad SMARTS) is 1. The summed E-state index contributed by atoms with van der Waals surface area (Å²) >= 11 is 6.23. The second kappa shape index (κ2) is 7.92. The first-order valence-electron chi connectivity index (χ1n) is 9.36. The van der Waals surface area contributed by atoms with E-state index in [1.165, 1.54) is 9.80 Å². The van der Waals surface area contributed by atoms with Gasteiger partial charge in [-0.1, -0.05) is 11.6 Å². The van der Waals surface area contributed by atoms with Crippen molar-refractivity contribution in [3.05, 3.63) is 22.8 Å². The Morgan fingerprint density at radius 3 is 2.30 bits per heavy atom. The lowest BCUT2D eigenvalue weighted by molar-refractivity contribution is 0.0542. The van der Waals surface area contributed by atoms with Gasteiger partial charge in [0.15, 0.2) is 0 Å². The number of anilines is 1. The molecule has 1 aliphatic carbocycles. The first kappa shape index (κ1) is 19.7. The highest BCUT2D eigenvalue weighted by Crippen LogP contribution is 2.41. The molecule has 3 rings (SSSR count). The minimum atomic E-state index is -0.840. The predicted octanol–water partition coefficient (Wildman–Crippen LogP) is 3.04. The van der Waals surface area contributed by atoms with Crippen molar-refractivity contribution in [2.45, 2.75) is 31.7 Å². The number of nitrogens with zero attached hydrogens (tertiary/aromatic N) is 4. The largest absolute Gasteiger partial charge is 0.465 e. The minimum Gasteiger partial charge on any atom is -0.465 e. The molecule has 0 aromatic carbocycles. The van der Waals surface area contributed by atoms with Gasteiger partial charge >= 0.3 is 6.09 Å². The summed E-state index contributed by atoms with van der Waals surface area (Å²) in [5.41, 5.74) is 0.420. The van der Waals surface area contributed by atoms with Gasteiger partial charge in [0.25, 0.3) is 5.91 Å². The van der Waals surface area contributed by atoms with E-state index < -0.39 is 6.09 Å². The fourth-order valence-electron chi connectivity index (χ4n) is 4.09. The smallest absolute Gasteiger partial charge is 0.407 e. The van der Waals surface area contributed by atoms with Crippen molar-refractivity contribution >= 4 is 29.4 Å². The molecule has 27 heavy (non-hydrogen) atoms. The lowest BCUT2D eigenvalue weighted by Gasteiger charge is -2.46. The van der Waals surface area contributed by atoms with E-state index in [0.717, 1.165) is 44.6 Å². The Bertz CT molecular complexity index is 713. The van der Waals surface area contributed by atoms with Gasteiger partial charge in [0.2, 0.25) is 0 Å². The number of pyridine rings is 1. The van der Waals surface area contributed by atoms with E-state index >= 15 is 0 Å². The zero-order valence-corrected chi connectivity index (χ0v) is 16.8. The van der Waals surface area contributed by atoms with E-state index in [9.17, 15) is 9.59 Å². The molecule has 148 valence electrons. The van der Waals surface area contributed by atoms with Crippen molar-refractivity contribution in [3.8, 4) is 0 Å². The molecule has 1 saturated heterocycles. The maximum absolute atomic E-state index is 12.1. The van der Waals surface area contributed by atoms with Crippen LogP contribution in [0.25, 0.3) is 0 Å². The van der Waals surface area contributed by atoms with Crippen LogP contribution in [0.15, 0.2) is 12.1 Å². The van der Waals surface area contributed by atoms with Crippen molar-refractivity contribution in [2.75, 3.05) is 39.1 Å². The maximum atomic E-state index is 12.1. The molecule has 2 aliphatic rings. The highest BCUT2D eigenvalue weighted by Gasteiger charge is 2.39. The summed E-state index contributed by atoms with van der Waals surface area (Å²) in [6.07, 6.45) is 3.25. The van der Waals surface area contributed by atoms with Gasteiger partial charge in [0, 0.05) is 40.3 Å². The van der Waals surface area contributed by atoms with Gasteiger partial charge < -0.3 is 19.8 Å². The Morgan fingerprint density at radius 2 is 1.78 bits per heavy atom. The average molecular weight is 395 g/mol. The predicted molar refractivity (Wildman–Crippen MR) is 105 cm³/mol. The molecule has 0 bridgehead atoms. The monoisotopic (exact) mass is 394 g/mol. The third kappa shape index (κ3) is 4.13. The number of rotatable bonds is 4. The van der Waals surface area contributed by atoms with Gasteiger partial charge in [-0.15, -0.1) is 0 Å². The number of hydrogen-bond acceptors (Lipinski definition) is 4. The van der Waals surface area contributed by atoms with Gasteiger partial charge in [0.1, 0.15) is 11.0 Å². The Labute approximate surface area is 164 Å². The fraction of sp³-hybridized carbons (Fsp3) is 0.632. The molecule has 1 N–H and O–H groups in total. The Balaban J connectivity index is 1.53. The van der Waals surface area contributed by atoms with Crippen LogP contribution in [-0.4, -0.2) is 72.2 Å². The van der Waals surface area contributed by atoms with Crippen LogP contribution < -0.4 is 4.90 Å². The second-order valence-corrected chi connectivity index (χ2v) is 8.17. The second-order valence-electron chi connectivity index (χ2n) is 7.81. The first-order chi connectivity index (χ1) is 12.8. The zero-order valence-electron chi connectivity index (χ0n) is 16.1. The Morgan fingerprint density at radius 1 is 1.15 bits per heavy atom. The molecular weight excluding hydrogens is 368 g/mol. The highest BCUT2D eigenvalue weighted by atomic mass is 35.5. The third-order valence-corrected chi connectivity index (χ3v) is 6.29. The van der Waals surface area contributed by atoms with Crippen molar-refractivity contribution in [2.24, 2.45) is 11.8 Å². The number of piperidine rings is 1. The van der Waals surface area contributed by atoms with Gasteiger partial charge in [-0.3, -0.25) is 4.79 Å². The van der Waals surface area contributed by atoms with Gasteiger partial charge in [0.05, 0.1) is 5.56 Å². The summed E-state index contributed by atoms with van der Waals surface area (Å²) in [5, 5.41) is 9.30. The molecule has 1 aliphatic heterocycles. The summed E-state index contributed by atoms with van der Waals surface area (Å²) in [4.78, 5) is 32.7. The zero-order chi connectivity index (χ0) is 19.7. The van der Waals surface area contributed by atoms with Gasteiger partial charge in [-0.05, 0) is 49.7 Å². The maximum Gasteiger partial charge on any atom is 0.407 e. The lowest BCUT2D eigenvalue weighted by atomic mass is 9.69. The minimum absolute atomic E-state index is 0.149. The molecule has 1 aromatic rings. The summed E-state index contributed by atoms with van der Waals surface area (Å²) in [7, 11) is 5.04. The lowest BCUT2D eigenvalue weighted by Crippen LogP contribution is -2.48.